The Bertz CT molecular complexity index is 414. The molecule has 0 spiro atoms. The highest BCUT2D eigenvalue weighted by Crippen LogP contribution is 2.31. The lowest BCUT2D eigenvalue weighted by molar-refractivity contribution is -0.120. The molecule has 0 aromatic carbocycles. The zero-order valence-corrected chi connectivity index (χ0v) is 9.34. The van der Waals surface area contributed by atoms with Crippen molar-refractivity contribution in [1.82, 2.24) is 10.3 Å². The predicted molar refractivity (Wildman–Crippen MR) is 61.1 cm³/mol. The van der Waals surface area contributed by atoms with Gasteiger partial charge in [-0.3, -0.25) is 9.78 Å². The molecule has 0 unspecified atom stereocenters. The summed E-state index contributed by atoms with van der Waals surface area (Å²) in [6.07, 6.45) is 3.35. The fraction of sp³-hybridized carbons (Fsp3) is 0.300. The summed E-state index contributed by atoms with van der Waals surface area (Å²) in [4.78, 5) is 19.7. The molecule has 2 rings (SSSR count). The molecule has 1 fully saturated rings. The second kappa shape index (κ2) is 3.66. The Morgan fingerprint density at radius 2 is 2.33 bits per heavy atom. The third-order valence-electron chi connectivity index (χ3n) is 2.00. The molecule has 0 saturated carbocycles. The lowest BCUT2D eigenvalue weighted by atomic mass is 10.2. The SMILES string of the molecule is CC1(C)SC(=Nc2cccnc2)NC1=O. The van der Waals surface area contributed by atoms with E-state index < -0.39 is 4.75 Å². The fourth-order valence-corrected chi connectivity index (χ4v) is 2.07. The smallest absolute Gasteiger partial charge is 0.242 e. The summed E-state index contributed by atoms with van der Waals surface area (Å²) < 4.78 is -0.430. The maximum absolute atomic E-state index is 11.5. The number of carbonyl (C=O) groups excluding carboxylic acids is 1. The van der Waals surface area contributed by atoms with Crippen LogP contribution in [0.25, 0.3) is 0 Å². The van der Waals surface area contributed by atoms with E-state index in [0.29, 0.717) is 5.17 Å². The molecule has 1 aromatic heterocycles. The molecule has 1 aliphatic rings. The first-order valence-electron chi connectivity index (χ1n) is 4.57. The van der Waals surface area contributed by atoms with E-state index in [1.165, 1.54) is 11.8 Å². The maximum atomic E-state index is 11.5. The zero-order valence-electron chi connectivity index (χ0n) is 8.52. The molecule has 4 nitrogen and oxygen atoms in total. The number of aromatic nitrogens is 1. The maximum Gasteiger partial charge on any atom is 0.242 e. The van der Waals surface area contributed by atoms with Crippen LogP contribution < -0.4 is 5.32 Å². The van der Waals surface area contributed by atoms with E-state index in [9.17, 15) is 4.79 Å². The molecule has 78 valence electrons. The van der Waals surface area contributed by atoms with Gasteiger partial charge in [0.15, 0.2) is 5.17 Å². The van der Waals surface area contributed by atoms with Gasteiger partial charge >= 0.3 is 0 Å². The molecule has 1 amide bonds. The van der Waals surface area contributed by atoms with Gasteiger partial charge in [0.05, 0.1) is 16.6 Å². The largest absolute Gasteiger partial charge is 0.304 e. The summed E-state index contributed by atoms with van der Waals surface area (Å²) in [6, 6.07) is 3.66. The van der Waals surface area contributed by atoms with Crippen LogP contribution in [0, 0.1) is 0 Å². The molecule has 15 heavy (non-hydrogen) atoms. The number of carbonyl (C=O) groups is 1. The average Bonchev–Trinajstić information content (AvgIpc) is 2.42. The number of hydrogen-bond donors (Lipinski definition) is 1. The Balaban J connectivity index is 2.22. The van der Waals surface area contributed by atoms with Crippen LogP contribution in [0.2, 0.25) is 0 Å². The Kier molecular flexibility index (Phi) is 2.48. The van der Waals surface area contributed by atoms with E-state index in [0.717, 1.165) is 5.69 Å². The molecule has 5 heteroatoms. The summed E-state index contributed by atoms with van der Waals surface area (Å²) in [5, 5.41) is 3.38. The van der Waals surface area contributed by atoms with Crippen molar-refractivity contribution in [2.45, 2.75) is 18.6 Å². The lowest BCUT2D eigenvalue weighted by Gasteiger charge is -2.08. The van der Waals surface area contributed by atoms with Crippen molar-refractivity contribution in [2.24, 2.45) is 4.99 Å². The molecule has 1 aromatic rings. The molecule has 0 bridgehead atoms. The topological polar surface area (TPSA) is 54.4 Å². The zero-order chi connectivity index (χ0) is 10.9. The van der Waals surface area contributed by atoms with Gasteiger partial charge in [-0.2, -0.15) is 0 Å². The van der Waals surface area contributed by atoms with Crippen LogP contribution in [0.4, 0.5) is 5.69 Å². The number of nitrogens with one attached hydrogen (secondary N) is 1. The monoisotopic (exact) mass is 221 g/mol. The van der Waals surface area contributed by atoms with Crippen molar-refractivity contribution >= 4 is 28.5 Å². The lowest BCUT2D eigenvalue weighted by Crippen LogP contribution is -2.30. The van der Waals surface area contributed by atoms with Crippen molar-refractivity contribution in [2.75, 3.05) is 0 Å². The summed E-state index contributed by atoms with van der Waals surface area (Å²) in [5.74, 6) is -0.00450. The molecule has 1 aliphatic heterocycles. The minimum absolute atomic E-state index is 0.00450. The van der Waals surface area contributed by atoms with E-state index in [1.54, 1.807) is 12.4 Å². The summed E-state index contributed by atoms with van der Waals surface area (Å²) >= 11 is 1.43. The van der Waals surface area contributed by atoms with Crippen molar-refractivity contribution < 1.29 is 4.79 Å². The molecular weight excluding hydrogens is 210 g/mol. The molecule has 0 aliphatic carbocycles. The Labute approximate surface area is 92.2 Å². The van der Waals surface area contributed by atoms with Gasteiger partial charge in [0.2, 0.25) is 5.91 Å². The second-order valence-corrected chi connectivity index (χ2v) is 5.31. The first-order chi connectivity index (χ1) is 7.08. The van der Waals surface area contributed by atoms with Crippen LogP contribution in [0.15, 0.2) is 29.5 Å². The van der Waals surface area contributed by atoms with Gasteiger partial charge in [0, 0.05) is 6.20 Å². The van der Waals surface area contributed by atoms with Gasteiger partial charge in [0.1, 0.15) is 0 Å². The Morgan fingerprint density at radius 3 is 2.87 bits per heavy atom. The van der Waals surface area contributed by atoms with Gasteiger partial charge in [-0.1, -0.05) is 11.8 Å². The van der Waals surface area contributed by atoms with Gasteiger partial charge in [-0.05, 0) is 26.0 Å². The number of aliphatic imine (C=N–C) groups is 1. The summed E-state index contributed by atoms with van der Waals surface area (Å²) in [7, 11) is 0. The summed E-state index contributed by atoms with van der Waals surface area (Å²) in [5.41, 5.74) is 0.748. The first kappa shape index (κ1) is 10.2. The highest BCUT2D eigenvalue weighted by Gasteiger charge is 2.37. The first-order valence-corrected chi connectivity index (χ1v) is 5.39. The van der Waals surface area contributed by atoms with Gasteiger partial charge in [-0.15, -0.1) is 0 Å². The molecule has 1 saturated heterocycles. The predicted octanol–water partition coefficient (Wildman–Crippen LogP) is 1.71. The molecule has 0 radical (unpaired) electrons. The molecular formula is C10H11N3OS. The number of pyridine rings is 1. The third-order valence-corrected chi connectivity index (χ3v) is 3.08. The van der Waals surface area contributed by atoms with E-state index >= 15 is 0 Å². The van der Waals surface area contributed by atoms with Crippen LogP contribution in [0.5, 0.6) is 0 Å². The van der Waals surface area contributed by atoms with Crippen molar-refractivity contribution in [1.29, 1.82) is 0 Å². The number of amides is 1. The average molecular weight is 221 g/mol. The van der Waals surface area contributed by atoms with Crippen molar-refractivity contribution in [3.05, 3.63) is 24.5 Å². The van der Waals surface area contributed by atoms with Gasteiger partial charge < -0.3 is 5.32 Å². The van der Waals surface area contributed by atoms with E-state index in [4.69, 9.17) is 0 Å². The number of amidine groups is 1. The number of thioether (sulfide) groups is 1. The molecule has 0 atom stereocenters. The van der Waals surface area contributed by atoms with Crippen LogP contribution in [-0.2, 0) is 4.79 Å². The van der Waals surface area contributed by atoms with E-state index in [-0.39, 0.29) is 5.91 Å². The third kappa shape index (κ3) is 2.18. The highest BCUT2D eigenvalue weighted by atomic mass is 32.2. The normalized spacial score (nSPS) is 21.7. The van der Waals surface area contributed by atoms with Crippen molar-refractivity contribution in [3.63, 3.8) is 0 Å². The highest BCUT2D eigenvalue weighted by molar-refractivity contribution is 8.16. The van der Waals surface area contributed by atoms with E-state index in [2.05, 4.69) is 15.3 Å². The van der Waals surface area contributed by atoms with Gasteiger partial charge in [-0.25, -0.2) is 4.99 Å². The van der Waals surface area contributed by atoms with Crippen LogP contribution in [0.1, 0.15) is 13.8 Å². The molecule has 2 heterocycles. The number of rotatable bonds is 1. The molecule has 1 N–H and O–H groups in total. The fourth-order valence-electron chi connectivity index (χ4n) is 1.15. The van der Waals surface area contributed by atoms with Gasteiger partial charge in [0.25, 0.3) is 0 Å². The summed E-state index contributed by atoms with van der Waals surface area (Å²) in [6.45, 7) is 3.75. The van der Waals surface area contributed by atoms with Crippen molar-refractivity contribution in [3.8, 4) is 0 Å². The second-order valence-electron chi connectivity index (χ2n) is 3.69. The van der Waals surface area contributed by atoms with E-state index in [1.807, 2.05) is 26.0 Å². The van der Waals surface area contributed by atoms with Crippen LogP contribution in [0.3, 0.4) is 0 Å². The van der Waals surface area contributed by atoms with Crippen LogP contribution in [-0.4, -0.2) is 20.8 Å². The number of nitrogens with zero attached hydrogens (tertiary/aromatic N) is 2. The Hall–Kier alpha value is -1.36. The number of hydrogen-bond acceptors (Lipinski definition) is 4. The minimum Gasteiger partial charge on any atom is -0.304 e. The minimum atomic E-state index is -0.430. The standard InChI is InChI=1S/C10H11N3OS/c1-10(2)8(14)13-9(15-10)12-7-4-3-5-11-6-7/h3-6H,1-2H3,(H,12,13,14). The Morgan fingerprint density at radius 1 is 1.53 bits per heavy atom. The quantitative estimate of drug-likeness (QED) is 0.785. The van der Waals surface area contributed by atoms with Crippen LogP contribution >= 0.6 is 11.8 Å².